The summed E-state index contributed by atoms with van der Waals surface area (Å²) in [5, 5.41) is 10.3. The summed E-state index contributed by atoms with van der Waals surface area (Å²) in [5.41, 5.74) is 9.85. The third-order valence-electron chi connectivity index (χ3n) is 3.67. The second-order valence-corrected chi connectivity index (χ2v) is 6.23. The van der Waals surface area contributed by atoms with Crippen molar-refractivity contribution in [2.45, 2.75) is 25.9 Å². The number of likely N-dealkylation sites (N-methyl/N-ethyl adjacent to an activating group) is 1. The van der Waals surface area contributed by atoms with E-state index in [9.17, 15) is 5.11 Å². The van der Waals surface area contributed by atoms with Crippen LogP contribution < -0.4 is 5.73 Å². The van der Waals surface area contributed by atoms with Crippen LogP contribution in [0.25, 0.3) is 11.3 Å². The number of anilines is 1. The number of nitrogens with zero attached hydrogens (tertiary/aromatic N) is 2. The van der Waals surface area contributed by atoms with Gasteiger partial charge in [-0.25, -0.2) is 4.98 Å². The Hall–Kier alpha value is -1.91. The molecule has 1 unspecified atom stereocenters. The standard InChI is InChI=1S/C18H25N3O/c1-12(2)15-10-13(17(22)11-21(3)4)8-9-14(15)16-6-5-7-18(19)20-16/h5-10,12,17,22H,11H2,1-4H3,(H2,19,20). The summed E-state index contributed by atoms with van der Waals surface area (Å²) in [6.07, 6.45) is -0.490. The summed E-state index contributed by atoms with van der Waals surface area (Å²) >= 11 is 0. The molecule has 1 aromatic heterocycles. The van der Waals surface area contributed by atoms with Crippen molar-refractivity contribution in [1.29, 1.82) is 0 Å². The third-order valence-corrected chi connectivity index (χ3v) is 3.67. The van der Waals surface area contributed by atoms with Gasteiger partial charge in [-0.05, 0) is 43.3 Å². The molecular formula is C18H25N3O. The number of rotatable bonds is 5. The van der Waals surface area contributed by atoms with Crippen molar-refractivity contribution in [2.24, 2.45) is 0 Å². The minimum Gasteiger partial charge on any atom is -0.387 e. The van der Waals surface area contributed by atoms with Gasteiger partial charge in [0.2, 0.25) is 0 Å². The van der Waals surface area contributed by atoms with Gasteiger partial charge in [-0.2, -0.15) is 0 Å². The van der Waals surface area contributed by atoms with E-state index in [1.54, 1.807) is 6.07 Å². The molecule has 118 valence electrons. The van der Waals surface area contributed by atoms with E-state index in [0.717, 1.165) is 16.8 Å². The number of nitrogen functional groups attached to an aromatic ring is 1. The Morgan fingerprint density at radius 3 is 2.50 bits per heavy atom. The van der Waals surface area contributed by atoms with Crippen LogP contribution in [0, 0.1) is 0 Å². The lowest BCUT2D eigenvalue weighted by molar-refractivity contribution is 0.138. The number of aliphatic hydroxyl groups is 1. The molecule has 0 bridgehead atoms. The van der Waals surface area contributed by atoms with Crippen molar-refractivity contribution >= 4 is 5.82 Å². The molecule has 2 rings (SSSR count). The molecule has 0 aliphatic heterocycles. The van der Waals surface area contributed by atoms with Gasteiger partial charge in [-0.1, -0.05) is 38.1 Å². The van der Waals surface area contributed by atoms with Crippen LogP contribution in [-0.4, -0.2) is 35.6 Å². The predicted molar refractivity (Wildman–Crippen MR) is 91.7 cm³/mol. The van der Waals surface area contributed by atoms with Crippen molar-refractivity contribution in [2.75, 3.05) is 26.4 Å². The Bertz CT molecular complexity index is 638. The summed E-state index contributed by atoms with van der Waals surface area (Å²) in [4.78, 5) is 6.40. The molecule has 2 aromatic rings. The molecule has 0 saturated carbocycles. The van der Waals surface area contributed by atoms with Crippen LogP contribution in [0.1, 0.15) is 37.0 Å². The van der Waals surface area contributed by atoms with Crippen molar-refractivity contribution in [3.05, 3.63) is 47.5 Å². The number of hydrogen-bond donors (Lipinski definition) is 2. The first-order valence-electron chi connectivity index (χ1n) is 7.58. The van der Waals surface area contributed by atoms with Crippen molar-refractivity contribution < 1.29 is 5.11 Å². The van der Waals surface area contributed by atoms with Crippen molar-refractivity contribution in [1.82, 2.24) is 9.88 Å². The van der Waals surface area contributed by atoms with Crippen LogP contribution in [-0.2, 0) is 0 Å². The fourth-order valence-corrected chi connectivity index (χ4v) is 2.55. The largest absolute Gasteiger partial charge is 0.387 e. The van der Waals surface area contributed by atoms with Crippen LogP contribution in [0.2, 0.25) is 0 Å². The van der Waals surface area contributed by atoms with Gasteiger partial charge in [-0.15, -0.1) is 0 Å². The zero-order valence-corrected chi connectivity index (χ0v) is 13.7. The first-order chi connectivity index (χ1) is 10.4. The Morgan fingerprint density at radius 1 is 1.18 bits per heavy atom. The SMILES string of the molecule is CC(C)c1cc(C(O)CN(C)C)ccc1-c1cccc(N)n1. The van der Waals surface area contributed by atoms with Gasteiger partial charge in [0.25, 0.3) is 0 Å². The average molecular weight is 299 g/mol. The molecule has 0 spiro atoms. The van der Waals surface area contributed by atoms with E-state index in [1.165, 1.54) is 5.56 Å². The number of aliphatic hydroxyl groups excluding tert-OH is 1. The average Bonchev–Trinajstić information content (AvgIpc) is 2.45. The topological polar surface area (TPSA) is 62.4 Å². The fourth-order valence-electron chi connectivity index (χ4n) is 2.55. The Labute approximate surface area is 132 Å². The van der Waals surface area contributed by atoms with Crippen LogP contribution in [0.15, 0.2) is 36.4 Å². The highest BCUT2D eigenvalue weighted by Gasteiger charge is 2.15. The first-order valence-corrected chi connectivity index (χ1v) is 7.58. The highest BCUT2D eigenvalue weighted by molar-refractivity contribution is 5.66. The Kier molecular flexibility index (Phi) is 5.16. The lowest BCUT2D eigenvalue weighted by Gasteiger charge is -2.20. The van der Waals surface area contributed by atoms with Crippen molar-refractivity contribution in [3.8, 4) is 11.3 Å². The second kappa shape index (κ2) is 6.90. The zero-order valence-electron chi connectivity index (χ0n) is 13.7. The maximum absolute atomic E-state index is 10.3. The molecule has 0 aliphatic carbocycles. The van der Waals surface area contributed by atoms with Gasteiger partial charge in [0.15, 0.2) is 0 Å². The lowest BCUT2D eigenvalue weighted by atomic mass is 9.91. The molecule has 4 heteroatoms. The van der Waals surface area contributed by atoms with Gasteiger partial charge >= 0.3 is 0 Å². The molecule has 4 nitrogen and oxygen atoms in total. The van der Waals surface area contributed by atoms with Crippen LogP contribution in [0.5, 0.6) is 0 Å². The minimum absolute atomic E-state index is 0.338. The molecule has 0 aliphatic rings. The van der Waals surface area contributed by atoms with Gasteiger partial charge in [-0.3, -0.25) is 0 Å². The summed E-state index contributed by atoms with van der Waals surface area (Å²) in [6, 6.07) is 11.8. The maximum atomic E-state index is 10.3. The van der Waals surface area contributed by atoms with Crippen LogP contribution >= 0.6 is 0 Å². The molecule has 1 atom stereocenters. The smallest absolute Gasteiger partial charge is 0.124 e. The molecule has 0 radical (unpaired) electrons. The predicted octanol–water partition coefficient (Wildman–Crippen LogP) is 3.05. The summed E-state index contributed by atoms with van der Waals surface area (Å²) in [7, 11) is 3.91. The monoisotopic (exact) mass is 299 g/mol. The fraction of sp³-hybridized carbons (Fsp3) is 0.389. The molecule has 22 heavy (non-hydrogen) atoms. The van der Waals surface area contributed by atoms with E-state index in [1.807, 2.05) is 43.3 Å². The Balaban J connectivity index is 2.44. The minimum atomic E-state index is -0.490. The van der Waals surface area contributed by atoms with Crippen molar-refractivity contribution in [3.63, 3.8) is 0 Å². The van der Waals surface area contributed by atoms with Gasteiger partial charge in [0.1, 0.15) is 5.82 Å². The summed E-state index contributed by atoms with van der Waals surface area (Å²) in [5.74, 6) is 0.855. The van der Waals surface area contributed by atoms with Gasteiger partial charge in [0.05, 0.1) is 11.8 Å². The molecular weight excluding hydrogens is 274 g/mol. The molecule has 1 heterocycles. The summed E-state index contributed by atoms with van der Waals surface area (Å²) in [6.45, 7) is 4.90. The molecule has 3 N–H and O–H groups in total. The number of benzene rings is 1. The number of pyridine rings is 1. The van der Waals surface area contributed by atoms with E-state index in [2.05, 4.69) is 24.9 Å². The van der Waals surface area contributed by atoms with E-state index in [4.69, 9.17) is 5.73 Å². The van der Waals surface area contributed by atoms with E-state index < -0.39 is 6.10 Å². The van der Waals surface area contributed by atoms with Crippen LogP contribution in [0.4, 0.5) is 5.82 Å². The quantitative estimate of drug-likeness (QED) is 0.891. The lowest BCUT2D eigenvalue weighted by Crippen LogP contribution is -2.20. The second-order valence-electron chi connectivity index (χ2n) is 6.23. The highest BCUT2D eigenvalue weighted by atomic mass is 16.3. The zero-order chi connectivity index (χ0) is 16.3. The van der Waals surface area contributed by atoms with Crippen LogP contribution in [0.3, 0.4) is 0 Å². The molecule has 0 fully saturated rings. The van der Waals surface area contributed by atoms with E-state index in [-0.39, 0.29) is 0 Å². The Morgan fingerprint density at radius 2 is 1.91 bits per heavy atom. The molecule has 0 amide bonds. The number of nitrogens with two attached hydrogens (primary N) is 1. The van der Waals surface area contributed by atoms with E-state index >= 15 is 0 Å². The molecule has 0 saturated heterocycles. The first kappa shape index (κ1) is 16.5. The normalized spacial score (nSPS) is 12.9. The summed E-state index contributed by atoms with van der Waals surface area (Å²) < 4.78 is 0. The molecule has 1 aromatic carbocycles. The number of aromatic nitrogens is 1. The maximum Gasteiger partial charge on any atom is 0.124 e. The third kappa shape index (κ3) is 3.84. The van der Waals surface area contributed by atoms with Gasteiger partial charge < -0.3 is 15.7 Å². The highest BCUT2D eigenvalue weighted by Crippen LogP contribution is 2.31. The van der Waals surface area contributed by atoms with E-state index in [0.29, 0.717) is 18.3 Å². The van der Waals surface area contributed by atoms with Gasteiger partial charge in [0, 0.05) is 12.1 Å². The number of hydrogen-bond acceptors (Lipinski definition) is 4.